The maximum atomic E-state index is 13.7. The Labute approximate surface area is 765 Å². The number of nitrogen functional groups attached to an aromatic ring is 1. The third-order valence-electron chi connectivity index (χ3n) is 20.4. The first-order valence-electron chi connectivity index (χ1n) is 40.8. The SMILES string of the molecule is CC(=O)Nc1cc(C(F)(F)F)ccc1-c1nc(-c2ccccc2O)nc(-c2ccccc2O)n1.CC(C)(C)c1cc(-c2nc(-c3ccccc3O)nc(-c3ccccc3O)n2)ccc1C(F)(F)F.Cc1cc(-c2nc(-c3ccccc3O)nc(-c3ccccc3O)n2)c(Oc2ccccc2)cc1C(N)=O.NC(=O)c1ccc(-c2nc(-c3ccccc3O)nc(-c3ccccc3O)n2)c(N)c1. The third-order valence-corrected chi connectivity index (χ3v) is 20.4. The van der Waals surface area contributed by atoms with Gasteiger partial charge in [0.1, 0.15) is 57.5 Å². The van der Waals surface area contributed by atoms with Crippen LogP contribution in [0, 0.1) is 6.92 Å². The summed E-state index contributed by atoms with van der Waals surface area (Å²) in [5, 5.41) is 85.2. The molecule has 0 unspecified atom stereocenters. The smallest absolute Gasteiger partial charge is 0.416 e. The van der Waals surface area contributed by atoms with E-state index in [1.54, 1.807) is 204 Å². The summed E-state index contributed by atoms with van der Waals surface area (Å²) in [6.45, 7) is 8.03. The molecule has 135 heavy (non-hydrogen) atoms. The minimum Gasteiger partial charge on any atom is -0.507 e. The van der Waals surface area contributed by atoms with Crippen molar-refractivity contribution in [3.8, 4) is 194 Å². The molecule has 0 radical (unpaired) electrons. The van der Waals surface area contributed by atoms with Gasteiger partial charge in [-0.25, -0.2) is 59.8 Å². The van der Waals surface area contributed by atoms with E-state index in [4.69, 9.17) is 21.9 Å². The number of carbonyl (C=O) groups excluding carboxylic acids is 3. The van der Waals surface area contributed by atoms with Gasteiger partial charge >= 0.3 is 12.4 Å². The van der Waals surface area contributed by atoms with E-state index in [-0.39, 0.29) is 155 Å². The number of alkyl halides is 6. The first-order chi connectivity index (χ1) is 64.4. The highest BCUT2D eigenvalue weighted by Crippen LogP contribution is 2.45. The minimum absolute atomic E-state index is 0.00469. The predicted molar refractivity (Wildman–Crippen MR) is 494 cm³/mol. The van der Waals surface area contributed by atoms with E-state index in [1.165, 1.54) is 72.8 Å². The second-order valence-electron chi connectivity index (χ2n) is 30.9. The number of amides is 3. The quantitative estimate of drug-likeness (QED) is 0.0297. The van der Waals surface area contributed by atoms with Crippen molar-refractivity contribution in [2.24, 2.45) is 11.5 Å². The first-order valence-corrected chi connectivity index (χ1v) is 40.8. The van der Waals surface area contributed by atoms with E-state index < -0.39 is 46.6 Å². The Morgan fingerprint density at radius 1 is 0.319 bits per heavy atom. The highest BCUT2D eigenvalue weighted by molar-refractivity contribution is 5.97. The molecule has 0 saturated heterocycles. The van der Waals surface area contributed by atoms with Gasteiger partial charge < -0.3 is 68.1 Å². The average molecular weight is 1820 g/mol. The number of nitrogens with zero attached hydrogens (tertiary/aromatic N) is 12. The molecular weight excluding hydrogens is 1740 g/mol. The number of aromatic hydroxyl groups is 8. The molecule has 0 aliphatic heterocycles. The maximum Gasteiger partial charge on any atom is 0.416 e. The van der Waals surface area contributed by atoms with Gasteiger partial charge in [0.2, 0.25) is 17.7 Å². The lowest BCUT2D eigenvalue weighted by Gasteiger charge is -2.25. The van der Waals surface area contributed by atoms with E-state index in [0.717, 1.165) is 31.2 Å². The number of hydrogen-bond acceptors (Lipinski definition) is 25. The summed E-state index contributed by atoms with van der Waals surface area (Å²) < 4.78 is 87.0. The number of primary amides is 2. The molecule has 0 atom stereocenters. The summed E-state index contributed by atoms with van der Waals surface area (Å²) in [6.07, 6.45) is -9.14. The van der Waals surface area contributed by atoms with Crippen molar-refractivity contribution in [1.29, 1.82) is 0 Å². The van der Waals surface area contributed by atoms with Crippen LogP contribution in [0.4, 0.5) is 37.7 Å². The molecule has 0 bridgehead atoms. The molecule has 4 heterocycles. The molecule has 28 nitrogen and oxygen atoms in total. The second-order valence-corrected chi connectivity index (χ2v) is 30.9. The number of anilines is 2. The van der Waals surface area contributed by atoms with Crippen LogP contribution in [-0.4, -0.2) is 118 Å². The summed E-state index contributed by atoms with van der Waals surface area (Å²) in [5.74, 6) is 0.235. The normalized spacial score (nSPS) is 11.2. The van der Waals surface area contributed by atoms with E-state index in [1.807, 2.05) is 18.2 Å². The van der Waals surface area contributed by atoms with Crippen molar-refractivity contribution in [2.75, 3.05) is 11.1 Å². The number of ether oxygens (including phenoxy) is 1. The minimum atomic E-state index is -4.63. The number of halogens is 6. The fourth-order valence-corrected chi connectivity index (χ4v) is 13.8. The average Bonchev–Trinajstić information content (AvgIpc) is 0.793. The van der Waals surface area contributed by atoms with Gasteiger partial charge in [-0.2, -0.15) is 26.3 Å². The molecule has 3 amide bonds. The zero-order valence-corrected chi connectivity index (χ0v) is 71.8. The van der Waals surface area contributed by atoms with E-state index in [0.29, 0.717) is 72.7 Å². The summed E-state index contributed by atoms with van der Waals surface area (Å²) >= 11 is 0. The number of carbonyl (C=O) groups is 3. The number of phenolic OH excluding ortho intramolecular Hbond substituents is 8. The predicted octanol–water partition coefficient (Wildman–Crippen LogP) is 20.3. The lowest BCUT2D eigenvalue weighted by atomic mass is 9.82. The summed E-state index contributed by atoms with van der Waals surface area (Å²) in [7, 11) is 0. The van der Waals surface area contributed by atoms with Crippen molar-refractivity contribution in [3.05, 3.63) is 325 Å². The number of rotatable bonds is 17. The molecule has 0 aliphatic rings. The lowest BCUT2D eigenvalue weighted by molar-refractivity contribution is -0.139. The number of para-hydroxylation sites is 9. The Kier molecular flexibility index (Phi) is 27.2. The molecule has 0 spiro atoms. The third kappa shape index (κ3) is 21.8. The van der Waals surface area contributed by atoms with E-state index in [9.17, 15) is 81.6 Å². The highest BCUT2D eigenvalue weighted by Gasteiger charge is 2.38. The Morgan fingerprint density at radius 2 is 0.630 bits per heavy atom. The molecule has 13 aromatic carbocycles. The first kappa shape index (κ1) is 93.1. The number of nitrogens with two attached hydrogens (primary N) is 3. The Bertz CT molecular complexity index is 7120. The molecule has 4 aromatic heterocycles. The van der Waals surface area contributed by atoms with Crippen molar-refractivity contribution in [2.45, 2.75) is 52.4 Å². The van der Waals surface area contributed by atoms with Crippen molar-refractivity contribution in [1.82, 2.24) is 59.8 Å². The van der Waals surface area contributed by atoms with Gasteiger partial charge in [-0.05, 0) is 193 Å². The molecule has 676 valence electrons. The molecule has 34 heteroatoms. The number of aryl methyl sites for hydroxylation is 1. The largest absolute Gasteiger partial charge is 0.507 e. The molecule has 17 rings (SSSR count). The fourth-order valence-electron chi connectivity index (χ4n) is 13.8. The zero-order chi connectivity index (χ0) is 96.3. The van der Waals surface area contributed by atoms with Crippen LogP contribution in [-0.2, 0) is 22.6 Å². The Balaban J connectivity index is 0.000000145. The molecule has 0 saturated carbocycles. The molecule has 0 aliphatic carbocycles. The van der Waals surface area contributed by atoms with E-state index in [2.05, 4.69) is 65.1 Å². The van der Waals surface area contributed by atoms with E-state index >= 15 is 0 Å². The van der Waals surface area contributed by atoms with Crippen LogP contribution in [0.15, 0.2) is 291 Å². The summed E-state index contributed by atoms with van der Waals surface area (Å²) in [5.41, 5.74) is 20.0. The molecule has 15 N–H and O–H groups in total. The number of nitrogens with one attached hydrogen (secondary N) is 1. The summed E-state index contributed by atoms with van der Waals surface area (Å²) in [4.78, 5) is 88.9. The standard InChI is InChI=1S/C29H22N4O4.C26H22F3N3O2.C24H17F3N4O3.C22H17N5O3/c1-17-15-22(25(16-21(17)26(30)36)37-18-9-3-2-4-10-18)29-32-27(19-11-5-7-13-23(19)34)31-28(33-29)20-12-6-8-14-24(20)35;1-25(2,3)19-14-15(12-13-18(19)26(27,28)29)22-30-23(16-8-4-6-10-20(16)33)32-24(31-22)17-9-5-7-11-21(17)34;1-13(32)28-18-12-14(24(25,26)27)10-11-15(18)21-29-22(16-6-2-4-8-19(16)33)31-23(30-21)17-7-3-5-9-20(17)34;23-16-11-12(19(24)30)9-10-13(16)20-25-21(14-5-1-3-7-17(14)28)27-22(26-20)15-6-2-4-8-18(15)29/h2-16,34-35H,1H3,(H2,30,36);4-14,33-34H,1-3H3;2-12,33-34H,1H3,(H,28,32);1-11,28-29H,23H2,(H2,24,30). The van der Waals surface area contributed by atoms with Crippen molar-refractivity contribution < 1.29 is 86.3 Å². The van der Waals surface area contributed by atoms with Gasteiger partial charge in [-0.15, -0.1) is 0 Å². The fraction of sp³-hybridized carbons (Fsp3) is 0.0792. The molecule has 0 fully saturated rings. The zero-order valence-electron chi connectivity index (χ0n) is 71.8. The van der Waals surface area contributed by atoms with Crippen LogP contribution in [0.1, 0.15) is 70.7 Å². The number of phenols is 8. The monoisotopic (exact) mass is 1820 g/mol. The van der Waals surface area contributed by atoms with Gasteiger partial charge in [0.25, 0.3) is 0 Å². The second kappa shape index (κ2) is 39.5. The summed E-state index contributed by atoms with van der Waals surface area (Å²) in [6, 6.07) is 75.5. The van der Waals surface area contributed by atoms with Crippen molar-refractivity contribution >= 4 is 29.1 Å². The number of hydrogen-bond donors (Lipinski definition) is 12. The Hall–Kier alpha value is -18.1. The molecular formula is C101H78F6N16O12. The van der Waals surface area contributed by atoms with Gasteiger partial charge in [0.05, 0.1) is 66.9 Å². The lowest BCUT2D eigenvalue weighted by Crippen LogP contribution is -2.19. The van der Waals surface area contributed by atoms with Gasteiger partial charge in [0.15, 0.2) is 69.9 Å². The van der Waals surface area contributed by atoms with Crippen molar-refractivity contribution in [3.63, 3.8) is 0 Å². The maximum absolute atomic E-state index is 13.7. The van der Waals surface area contributed by atoms with Gasteiger partial charge in [0, 0.05) is 40.4 Å². The van der Waals surface area contributed by atoms with Crippen LogP contribution in [0.3, 0.4) is 0 Å². The van der Waals surface area contributed by atoms with Crippen LogP contribution >= 0.6 is 0 Å². The highest BCUT2D eigenvalue weighted by atomic mass is 19.4. The van der Waals surface area contributed by atoms with Crippen LogP contribution in [0.2, 0.25) is 0 Å². The number of aromatic nitrogens is 12. The number of benzene rings is 13. The molecule has 17 aromatic rings. The Morgan fingerprint density at radius 3 is 0.933 bits per heavy atom. The van der Waals surface area contributed by atoms with Crippen LogP contribution in [0.25, 0.3) is 137 Å². The van der Waals surface area contributed by atoms with Gasteiger partial charge in [-0.1, -0.05) is 142 Å². The van der Waals surface area contributed by atoms with Crippen LogP contribution in [0.5, 0.6) is 57.5 Å². The van der Waals surface area contributed by atoms with Crippen LogP contribution < -0.4 is 27.3 Å². The topological polar surface area (TPSA) is 467 Å². The van der Waals surface area contributed by atoms with Gasteiger partial charge in [-0.3, -0.25) is 14.4 Å².